The maximum atomic E-state index is 12.4. The Balaban J connectivity index is 1.63. The van der Waals surface area contributed by atoms with E-state index in [1.807, 2.05) is 45.0 Å². The van der Waals surface area contributed by atoms with Gasteiger partial charge in [-0.25, -0.2) is 0 Å². The summed E-state index contributed by atoms with van der Waals surface area (Å²) in [5, 5.41) is 5.48. The van der Waals surface area contributed by atoms with Crippen LogP contribution in [0.15, 0.2) is 36.4 Å². The highest BCUT2D eigenvalue weighted by molar-refractivity contribution is 6.39. The summed E-state index contributed by atoms with van der Waals surface area (Å²) in [7, 11) is 1.65. The van der Waals surface area contributed by atoms with E-state index in [9.17, 15) is 9.59 Å². The highest BCUT2D eigenvalue weighted by Gasteiger charge is 2.38. The molecule has 0 fully saturated rings. The van der Waals surface area contributed by atoms with Crippen LogP contribution in [0, 0.1) is 20.8 Å². The van der Waals surface area contributed by atoms with Crippen molar-refractivity contribution < 1.29 is 14.3 Å². The Morgan fingerprint density at radius 3 is 2.07 bits per heavy atom. The summed E-state index contributed by atoms with van der Waals surface area (Å²) >= 11 is 0. The van der Waals surface area contributed by atoms with Gasteiger partial charge in [0.1, 0.15) is 0 Å². The molecule has 0 aromatic heterocycles. The fraction of sp³-hybridized carbons (Fsp3) is 0.364. The van der Waals surface area contributed by atoms with Crippen LogP contribution in [-0.2, 0) is 27.2 Å². The normalized spacial score (nSPS) is 14.5. The smallest absolute Gasteiger partial charge is 0.313 e. The van der Waals surface area contributed by atoms with Crippen LogP contribution >= 0.6 is 0 Å². The van der Waals surface area contributed by atoms with E-state index in [4.69, 9.17) is 4.74 Å². The van der Waals surface area contributed by atoms with Crippen molar-refractivity contribution in [2.45, 2.75) is 39.2 Å². The lowest BCUT2D eigenvalue weighted by Gasteiger charge is -2.27. The minimum Gasteiger partial charge on any atom is -0.376 e. The Bertz CT molecular complexity index is 841. The predicted molar refractivity (Wildman–Crippen MR) is 106 cm³/mol. The number of fused-ring (bicyclic) bond motifs is 1. The molecule has 2 aromatic rings. The standard InChI is InChI=1S/C22H26N2O3/c1-14-9-15(2)19(16(3)10-14)24-21(26)20(25)23-13-22(27-4)11-17-7-5-6-8-18(17)12-22/h5-10H,11-13H2,1-4H3,(H,23,25)(H,24,26). The van der Waals surface area contributed by atoms with Crippen LogP contribution < -0.4 is 10.6 Å². The van der Waals surface area contributed by atoms with Crippen LogP contribution in [0.5, 0.6) is 0 Å². The van der Waals surface area contributed by atoms with Gasteiger partial charge in [0.15, 0.2) is 0 Å². The molecule has 1 aliphatic carbocycles. The van der Waals surface area contributed by atoms with E-state index in [1.54, 1.807) is 7.11 Å². The molecule has 27 heavy (non-hydrogen) atoms. The molecule has 0 aliphatic heterocycles. The van der Waals surface area contributed by atoms with E-state index < -0.39 is 17.4 Å². The number of methoxy groups -OCH3 is 1. The van der Waals surface area contributed by atoms with Gasteiger partial charge in [0.05, 0.1) is 5.60 Å². The average Bonchev–Trinajstić information content (AvgIpc) is 3.01. The average molecular weight is 366 g/mol. The van der Waals surface area contributed by atoms with Gasteiger partial charge in [-0.05, 0) is 43.0 Å². The number of carbonyl (C=O) groups is 2. The van der Waals surface area contributed by atoms with Crippen molar-refractivity contribution in [1.29, 1.82) is 0 Å². The summed E-state index contributed by atoms with van der Waals surface area (Å²) in [5.74, 6) is -1.31. The molecule has 0 unspecified atom stereocenters. The summed E-state index contributed by atoms with van der Waals surface area (Å²) in [4.78, 5) is 24.7. The number of carbonyl (C=O) groups excluding carboxylic acids is 2. The maximum absolute atomic E-state index is 12.4. The number of hydrogen-bond donors (Lipinski definition) is 2. The Morgan fingerprint density at radius 2 is 1.56 bits per heavy atom. The molecule has 0 bridgehead atoms. The molecule has 0 saturated heterocycles. The number of amides is 2. The van der Waals surface area contributed by atoms with Crippen molar-refractivity contribution in [3.63, 3.8) is 0 Å². The Kier molecular flexibility index (Phi) is 5.33. The minimum atomic E-state index is -0.660. The SMILES string of the molecule is COC1(CNC(=O)C(=O)Nc2c(C)cc(C)cc2C)Cc2ccccc2C1. The van der Waals surface area contributed by atoms with Gasteiger partial charge in [-0.15, -0.1) is 0 Å². The number of hydrogen-bond acceptors (Lipinski definition) is 3. The van der Waals surface area contributed by atoms with Gasteiger partial charge in [-0.2, -0.15) is 0 Å². The zero-order valence-electron chi connectivity index (χ0n) is 16.3. The first-order valence-electron chi connectivity index (χ1n) is 9.12. The van der Waals surface area contributed by atoms with Gasteiger partial charge in [0, 0.05) is 32.2 Å². The van der Waals surface area contributed by atoms with Gasteiger partial charge in [-0.3, -0.25) is 9.59 Å². The topological polar surface area (TPSA) is 67.4 Å². The van der Waals surface area contributed by atoms with Crippen LogP contribution in [-0.4, -0.2) is 31.1 Å². The summed E-state index contributed by atoms with van der Waals surface area (Å²) in [6, 6.07) is 12.1. The van der Waals surface area contributed by atoms with Crippen molar-refractivity contribution in [3.05, 3.63) is 64.2 Å². The molecule has 0 heterocycles. The van der Waals surface area contributed by atoms with Crippen LogP contribution in [0.4, 0.5) is 5.69 Å². The molecule has 1 aliphatic rings. The first-order chi connectivity index (χ1) is 12.8. The quantitative estimate of drug-likeness (QED) is 0.818. The third-order valence-corrected chi connectivity index (χ3v) is 5.27. The van der Waals surface area contributed by atoms with Crippen molar-refractivity contribution in [2.75, 3.05) is 19.0 Å². The third kappa shape index (κ3) is 4.03. The molecule has 0 radical (unpaired) electrons. The highest BCUT2D eigenvalue weighted by Crippen LogP contribution is 2.32. The van der Waals surface area contributed by atoms with Crippen LogP contribution in [0.25, 0.3) is 0 Å². The van der Waals surface area contributed by atoms with Crippen LogP contribution in [0.3, 0.4) is 0 Å². The number of ether oxygens (including phenoxy) is 1. The van der Waals surface area contributed by atoms with Crippen molar-refractivity contribution in [3.8, 4) is 0 Å². The van der Waals surface area contributed by atoms with Crippen molar-refractivity contribution in [1.82, 2.24) is 5.32 Å². The summed E-state index contributed by atoms with van der Waals surface area (Å²) in [6.45, 7) is 6.13. The molecule has 142 valence electrons. The largest absolute Gasteiger partial charge is 0.376 e. The first-order valence-corrected chi connectivity index (χ1v) is 9.12. The van der Waals surface area contributed by atoms with Crippen LogP contribution in [0.2, 0.25) is 0 Å². The lowest BCUT2D eigenvalue weighted by Crippen LogP contribution is -2.48. The van der Waals surface area contributed by atoms with E-state index in [0.29, 0.717) is 5.69 Å². The monoisotopic (exact) mass is 366 g/mol. The molecule has 0 saturated carbocycles. The second-order valence-electron chi connectivity index (χ2n) is 7.42. The maximum Gasteiger partial charge on any atom is 0.313 e. The number of aryl methyl sites for hydroxylation is 3. The molecular weight excluding hydrogens is 340 g/mol. The fourth-order valence-electron chi connectivity index (χ4n) is 3.87. The van der Waals surface area contributed by atoms with E-state index >= 15 is 0 Å². The number of nitrogens with one attached hydrogen (secondary N) is 2. The van der Waals surface area contributed by atoms with Crippen molar-refractivity contribution in [2.24, 2.45) is 0 Å². The third-order valence-electron chi connectivity index (χ3n) is 5.27. The van der Waals surface area contributed by atoms with Gasteiger partial charge in [-0.1, -0.05) is 42.0 Å². The molecule has 2 amide bonds. The molecule has 5 nitrogen and oxygen atoms in total. The second-order valence-corrected chi connectivity index (χ2v) is 7.42. The van der Waals surface area contributed by atoms with Gasteiger partial charge < -0.3 is 15.4 Å². The minimum absolute atomic E-state index is 0.288. The molecule has 2 aromatic carbocycles. The fourth-order valence-corrected chi connectivity index (χ4v) is 3.87. The molecular formula is C22H26N2O3. The summed E-state index contributed by atoms with van der Waals surface area (Å²) in [6.07, 6.45) is 1.44. The molecule has 0 spiro atoms. The van der Waals surface area contributed by atoms with E-state index in [2.05, 4.69) is 22.8 Å². The second kappa shape index (κ2) is 7.53. The Labute approximate surface area is 160 Å². The van der Waals surface area contributed by atoms with Gasteiger partial charge in [0.2, 0.25) is 0 Å². The summed E-state index contributed by atoms with van der Waals surface area (Å²) in [5.41, 5.74) is 5.63. The zero-order chi connectivity index (χ0) is 19.6. The Hall–Kier alpha value is -2.66. The lowest BCUT2D eigenvalue weighted by atomic mass is 10.00. The molecule has 3 rings (SSSR count). The highest BCUT2D eigenvalue weighted by atomic mass is 16.5. The van der Waals surface area contributed by atoms with E-state index in [-0.39, 0.29) is 6.54 Å². The van der Waals surface area contributed by atoms with Gasteiger partial charge in [0.25, 0.3) is 0 Å². The van der Waals surface area contributed by atoms with E-state index in [0.717, 1.165) is 29.5 Å². The molecule has 0 atom stereocenters. The van der Waals surface area contributed by atoms with Gasteiger partial charge >= 0.3 is 11.8 Å². The first kappa shape index (κ1) is 19.1. The number of rotatable bonds is 4. The Morgan fingerprint density at radius 1 is 1.00 bits per heavy atom. The summed E-state index contributed by atoms with van der Waals surface area (Å²) < 4.78 is 5.73. The number of anilines is 1. The lowest BCUT2D eigenvalue weighted by molar-refractivity contribution is -0.137. The molecule has 2 N–H and O–H groups in total. The zero-order valence-corrected chi connectivity index (χ0v) is 16.3. The van der Waals surface area contributed by atoms with Crippen LogP contribution in [0.1, 0.15) is 27.8 Å². The number of benzene rings is 2. The predicted octanol–water partition coefficient (Wildman–Crippen LogP) is 2.85. The van der Waals surface area contributed by atoms with E-state index in [1.165, 1.54) is 11.1 Å². The van der Waals surface area contributed by atoms with Crippen molar-refractivity contribution >= 4 is 17.5 Å². The molecule has 5 heteroatoms.